The first-order valence-corrected chi connectivity index (χ1v) is 18.5. The molecule has 0 aromatic heterocycles. The van der Waals surface area contributed by atoms with Gasteiger partial charge in [-0.15, -0.1) is 23.5 Å². The molecular formula is C36H36N4O10S2. The van der Waals surface area contributed by atoms with Crippen LogP contribution in [0.5, 0.6) is 0 Å². The third-order valence-electron chi connectivity index (χ3n) is 9.42. The normalized spacial score (nSPS) is 22.8. The Morgan fingerprint density at radius 2 is 1.50 bits per heavy atom. The summed E-state index contributed by atoms with van der Waals surface area (Å²) in [5.74, 6) is -1.51. The Hall–Kier alpha value is -4.93. The first-order valence-electron chi connectivity index (χ1n) is 16.6. The van der Waals surface area contributed by atoms with Crippen LogP contribution in [-0.2, 0) is 32.3 Å². The molecule has 2 amide bonds. The summed E-state index contributed by atoms with van der Waals surface area (Å²) in [6.45, 7) is 3.51. The predicted molar refractivity (Wildman–Crippen MR) is 192 cm³/mol. The number of likely N-dealkylation sites (tertiary alicyclic amines) is 1. The Morgan fingerprint density at radius 1 is 0.923 bits per heavy atom. The molecule has 1 N–H and O–H groups in total. The molecule has 0 unspecified atom stereocenters. The number of benzene rings is 3. The van der Waals surface area contributed by atoms with Gasteiger partial charge in [0, 0.05) is 63.6 Å². The molecule has 6 rings (SSSR count). The van der Waals surface area contributed by atoms with E-state index in [0.29, 0.717) is 34.8 Å². The molecule has 3 aliphatic rings. The number of amides is 2. The number of nitro groups is 2. The number of ether oxygens (including phenoxy) is 2. The zero-order valence-corrected chi connectivity index (χ0v) is 29.9. The Morgan fingerprint density at radius 3 is 2.06 bits per heavy atom. The molecule has 3 aliphatic heterocycles. The van der Waals surface area contributed by atoms with Crippen LogP contribution in [0.1, 0.15) is 31.4 Å². The van der Waals surface area contributed by atoms with E-state index < -0.39 is 40.0 Å². The minimum atomic E-state index is -0.926. The molecule has 52 heavy (non-hydrogen) atoms. The Kier molecular flexibility index (Phi) is 11.2. The summed E-state index contributed by atoms with van der Waals surface area (Å²) < 4.78 is 11.3. The second-order valence-electron chi connectivity index (χ2n) is 12.9. The SMILES string of the molecule is C[C@@H](O)[C@H]1C(=O)N2C(C(=O)OCc3ccc([N+](=O)[O-])cc3)=C(S[C@H]3C[C@@H](CSc4ccccc4)N(C(=O)OCc4ccc([N+](=O)[O-])cc4)C3)[C@H](C)[C@H]12. The standard InChI is InChI=1S/C36H36N4O10S2/c1-21-31-30(22(2)41)34(42)38(31)32(35(43)49-18-23-8-12-25(13-9-23)39(45)46)33(21)52-29-16-27(20-51-28-6-4-3-5-7-28)37(17-29)36(44)50-19-24-10-14-26(15-11-24)40(47)48/h3-15,21-22,27,29-31,41H,16-20H2,1-2H3/t21-,22-,27+,29+,30-,31-/m1/s1. The van der Waals surface area contributed by atoms with Crippen LogP contribution in [0.15, 0.2) is 94.4 Å². The van der Waals surface area contributed by atoms with Gasteiger partial charge in [-0.3, -0.25) is 25.0 Å². The van der Waals surface area contributed by atoms with Crippen molar-refractivity contribution < 1.29 is 38.8 Å². The first-order chi connectivity index (χ1) is 24.9. The average molecular weight is 749 g/mol. The number of aliphatic hydroxyl groups excluding tert-OH is 1. The zero-order chi connectivity index (χ0) is 37.1. The predicted octanol–water partition coefficient (Wildman–Crippen LogP) is 5.92. The van der Waals surface area contributed by atoms with Gasteiger partial charge in [-0.05, 0) is 60.9 Å². The Bertz CT molecular complexity index is 1870. The number of esters is 1. The molecule has 14 nitrogen and oxygen atoms in total. The number of carbonyl (C=O) groups excluding carboxylic acids is 3. The molecule has 272 valence electrons. The molecule has 16 heteroatoms. The number of β-lactam (4-membered cyclic amide) rings is 1. The van der Waals surface area contributed by atoms with E-state index in [1.165, 1.54) is 53.1 Å². The molecule has 0 bridgehead atoms. The third kappa shape index (κ3) is 7.78. The van der Waals surface area contributed by atoms with Crippen molar-refractivity contribution in [2.75, 3.05) is 12.3 Å². The number of hydrogen-bond acceptors (Lipinski definition) is 12. The minimum absolute atomic E-state index is 0.0660. The van der Waals surface area contributed by atoms with Crippen LogP contribution in [0.25, 0.3) is 0 Å². The van der Waals surface area contributed by atoms with Crippen molar-refractivity contribution in [1.82, 2.24) is 9.80 Å². The summed E-state index contributed by atoms with van der Waals surface area (Å²) in [6, 6.07) is 20.5. The minimum Gasteiger partial charge on any atom is -0.456 e. The van der Waals surface area contributed by atoms with E-state index in [1.54, 1.807) is 35.7 Å². The summed E-state index contributed by atoms with van der Waals surface area (Å²) in [5, 5.41) is 32.3. The second-order valence-corrected chi connectivity index (χ2v) is 15.3. The van der Waals surface area contributed by atoms with Crippen LogP contribution >= 0.6 is 23.5 Å². The zero-order valence-electron chi connectivity index (χ0n) is 28.2. The van der Waals surface area contributed by atoms with Gasteiger partial charge in [0.15, 0.2) is 0 Å². The van der Waals surface area contributed by atoms with Gasteiger partial charge in [0.2, 0.25) is 5.91 Å². The summed E-state index contributed by atoms with van der Waals surface area (Å²) in [7, 11) is 0. The van der Waals surface area contributed by atoms with Gasteiger partial charge in [-0.25, -0.2) is 9.59 Å². The maximum absolute atomic E-state index is 13.7. The monoisotopic (exact) mass is 748 g/mol. The highest BCUT2D eigenvalue weighted by atomic mass is 32.2. The number of rotatable bonds is 13. The quantitative estimate of drug-likeness (QED) is 0.0717. The van der Waals surface area contributed by atoms with E-state index in [0.717, 1.165) is 4.90 Å². The molecule has 3 aromatic carbocycles. The van der Waals surface area contributed by atoms with E-state index >= 15 is 0 Å². The fraction of sp³-hybridized carbons (Fsp3) is 0.361. The highest BCUT2D eigenvalue weighted by Crippen LogP contribution is 2.52. The van der Waals surface area contributed by atoms with E-state index in [1.807, 2.05) is 37.3 Å². The highest BCUT2D eigenvalue weighted by molar-refractivity contribution is 8.03. The number of non-ortho nitro benzene ring substituents is 2. The largest absolute Gasteiger partial charge is 0.456 e. The molecule has 3 heterocycles. The summed E-state index contributed by atoms with van der Waals surface area (Å²) in [5.41, 5.74) is 1.08. The fourth-order valence-electron chi connectivity index (χ4n) is 6.77. The molecule has 0 aliphatic carbocycles. The number of hydrogen-bond donors (Lipinski definition) is 1. The number of nitro benzene ring substituents is 2. The number of nitrogens with zero attached hydrogens (tertiary/aromatic N) is 4. The molecule has 0 spiro atoms. The third-order valence-corrected chi connectivity index (χ3v) is 12.1. The summed E-state index contributed by atoms with van der Waals surface area (Å²) in [6.07, 6.45) is -0.897. The van der Waals surface area contributed by atoms with Crippen LogP contribution in [0.2, 0.25) is 0 Å². The number of aliphatic hydroxyl groups is 1. The molecule has 2 saturated heterocycles. The molecule has 6 atom stereocenters. The van der Waals surface area contributed by atoms with Crippen LogP contribution in [0.4, 0.5) is 16.2 Å². The maximum Gasteiger partial charge on any atom is 0.410 e. The lowest BCUT2D eigenvalue weighted by Gasteiger charge is -2.46. The van der Waals surface area contributed by atoms with Gasteiger partial charge in [-0.1, -0.05) is 25.1 Å². The van der Waals surface area contributed by atoms with Crippen molar-refractivity contribution in [3.05, 3.63) is 121 Å². The van der Waals surface area contributed by atoms with Crippen molar-refractivity contribution in [1.29, 1.82) is 0 Å². The van der Waals surface area contributed by atoms with Crippen LogP contribution in [0, 0.1) is 32.1 Å². The maximum atomic E-state index is 13.7. The van der Waals surface area contributed by atoms with Crippen LogP contribution < -0.4 is 0 Å². The number of fused-ring (bicyclic) bond motifs is 1. The fourth-order valence-corrected chi connectivity index (χ4v) is 9.38. The molecule has 0 radical (unpaired) electrons. The van der Waals surface area contributed by atoms with Crippen molar-refractivity contribution in [3.8, 4) is 0 Å². The van der Waals surface area contributed by atoms with Gasteiger partial charge < -0.3 is 24.4 Å². The summed E-state index contributed by atoms with van der Waals surface area (Å²) >= 11 is 3.02. The highest BCUT2D eigenvalue weighted by Gasteiger charge is 2.60. The molecule has 0 saturated carbocycles. The van der Waals surface area contributed by atoms with Gasteiger partial charge in [-0.2, -0.15) is 0 Å². The second kappa shape index (κ2) is 15.8. The van der Waals surface area contributed by atoms with E-state index in [9.17, 15) is 39.7 Å². The molecule has 3 aromatic rings. The van der Waals surface area contributed by atoms with Crippen molar-refractivity contribution in [3.63, 3.8) is 0 Å². The summed E-state index contributed by atoms with van der Waals surface area (Å²) in [4.78, 5) is 66.4. The van der Waals surface area contributed by atoms with E-state index in [-0.39, 0.29) is 53.4 Å². The van der Waals surface area contributed by atoms with Crippen molar-refractivity contribution >= 4 is 52.9 Å². The van der Waals surface area contributed by atoms with Gasteiger partial charge in [0.1, 0.15) is 18.9 Å². The first kappa shape index (κ1) is 36.8. The van der Waals surface area contributed by atoms with E-state index in [4.69, 9.17) is 9.47 Å². The van der Waals surface area contributed by atoms with E-state index in [2.05, 4.69) is 0 Å². The number of thioether (sulfide) groups is 2. The van der Waals surface area contributed by atoms with Crippen molar-refractivity contribution in [2.24, 2.45) is 11.8 Å². The van der Waals surface area contributed by atoms with Gasteiger partial charge >= 0.3 is 12.1 Å². The van der Waals surface area contributed by atoms with Crippen LogP contribution in [-0.4, -0.2) is 78.5 Å². The van der Waals surface area contributed by atoms with Crippen LogP contribution in [0.3, 0.4) is 0 Å². The Labute approximate surface area is 307 Å². The van der Waals surface area contributed by atoms with Gasteiger partial charge in [0.05, 0.1) is 27.9 Å². The molecular weight excluding hydrogens is 713 g/mol. The van der Waals surface area contributed by atoms with Crippen molar-refractivity contribution in [2.45, 2.75) is 61.8 Å². The topological polar surface area (TPSA) is 183 Å². The smallest absolute Gasteiger partial charge is 0.410 e. The Balaban J connectivity index is 1.21. The lowest BCUT2D eigenvalue weighted by atomic mass is 9.79. The average Bonchev–Trinajstić information content (AvgIpc) is 3.65. The van der Waals surface area contributed by atoms with Gasteiger partial charge in [0.25, 0.3) is 11.4 Å². The lowest BCUT2D eigenvalue weighted by Crippen LogP contribution is -2.63. The number of carbonyl (C=O) groups is 3. The molecule has 2 fully saturated rings. The lowest BCUT2D eigenvalue weighted by molar-refractivity contribution is -0.385.